The SMILES string of the molecule is CCCCCCCCCCC/C=C/C(O)C(CO)NC(=O)CCCCCCCCCCCCCCCCC/C=C\CCCCCCCCCCCCCCOC(=O)CCCCCCCCCCCCCC. The summed E-state index contributed by atoms with van der Waals surface area (Å²) in [4.78, 5) is 24.4. The Morgan fingerprint density at radius 2 is 0.662 bits per heavy atom. The van der Waals surface area contributed by atoms with Crippen LogP contribution in [0.1, 0.15) is 354 Å². The summed E-state index contributed by atoms with van der Waals surface area (Å²) < 4.78 is 5.48. The van der Waals surface area contributed by atoms with Crippen molar-refractivity contribution in [3.05, 3.63) is 24.3 Å². The topological polar surface area (TPSA) is 95.9 Å². The molecule has 0 aromatic rings. The van der Waals surface area contributed by atoms with Gasteiger partial charge in [-0.25, -0.2) is 0 Å². The van der Waals surface area contributed by atoms with Crippen LogP contribution >= 0.6 is 0 Å². The van der Waals surface area contributed by atoms with Crippen LogP contribution in [0.4, 0.5) is 0 Å². The molecule has 0 bridgehead atoms. The molecule has 3 N–H and O–H groups in total. The number of ether oxygens (including phenoxy) is 1. The van der Waals surface area contributed by atoms with Gasteiger partial charge in [0.25, 0.3) is 0 Å². The maximum absolute atomic E-state index is 12.4. The number of rotatable bonds is 60. The van der Waals surface area contributed by atoms with Crippen molar-refractivity contribution < 1.29 is 24.5 Å². The summed E-state index contributed by atoms with van der Waals surface area (Å²) in [7, 11) is 0. The molecule has 6 heteroatoms. The van der Waals surface area contributed by atoms with Gasteiger partial charge in [0.2, 0.25) is 5.91 Å². The lowest BCUT2D eigenvalue weighted by Crippen LogP contribution is -2.45. The van der Waals surface area contributed by atoms with E-state index >= 15 is 0 Å². The van der Waals surface area contributed by atoms with Crippen molar-refractivity contribution in [2.75, 3.05) is 13.2 Å². The molecule has 0 saturated carbocycles. The molecule has 0 rings (SSSR count). The van der Waals surface area contributed by atoms with Crippen molar-refractivity contribution in [1.29, 1.82) is 0 Å². The fourth-order valence-electron chi connectivity index (χ4n) is 10.0. The third-order valence-corrected chi connectivity index (χ3v) is 15.0. The molecule has 6 nitrogen and oxygen atoms in total. The predicted molar refractivity (Wildman–Crippen MR) is 310 cm³/mol. The molecular formula is C65H125NO5. The minimum Gasteiger partial charge on any atom is -0.466 e. The molecule has 0 fully saturated rings. The van der Waals surface area contributed by atoms with Crippen LogP contribution < -0.4 is 5.32 Å². The van der Waals surface area contributed by atoms with Gasteiger partial charge in [-0.2, -0.15) is 0 Å². The summed E-state index contributed by atoms with van der Waals surface area (Å²) in [5, 5.41) is 23.0. The lowest BCUT2D eigenvalue weighted by molar-refractivity contribution is -0.143. The Morgan fingerprint density at radius 1 is 0.380 bits per heavy atom. The van der Waals surface area contributed by atoms with Crippen LogP contribution in [0.15, 0.2) is 24.3 Å². The molecular weight excluding hydrogens is 875 g/mol. The summed E-state index contributed by atoms with van der Waals surface area (Å²) >= 11 is 0. The average molecular weight is 1000 g/mol. The Balaban J connectivity index is 3.35. The van der Waals surface area contributed by atoms with Crippen LogP contribution in [0.25, 0.3) is 0 Å². The van der Waals surface area contributed by atoms with Crippen LogP contribution in [0.5, 0.6) is 0 Å². The Kier molecular flexibility index (Phi) is 59.5. The number of hydrogen-bond donors (Lipinski definition) is 3. The van der Waals surface area contributed by atoms with E-state index in [1.807, 2.05) is 6.08 Å². The zero-order valence-electron chi connectivity index (χ0n) is 48.0. The number of allylic oxidation sites excluding steroid dienone is 3. The van der Waals surface area contributed by atoms with Gasteiger partial charge in [-0.15, -0.1) is 0 Å². The first kappa shape index (κ1) is 69.3. The Bertz CT molecular complexity index is 1110. The highest BCUT2D eigenvalue weighted by atomic mass is 16.5. The zero-order valence-corrected chi connectivity index (χ0v) is 48.0. The van der Waals surface area contributed by atoms with Gasteiger partial charge in [0.1, 0.15) is 0 Å². The van der Waals surface area contributed by atoms with Crippen LogP contribution in [0.2, 0.25) is 0 Å². The maximum Gasteiger partial charge on any atom is 0.305 e. The minimum atomic E-state index is -0.841. The monoisotopic (exact) mass is 1000 g/mol. The van der Waals surface area contributed by atoms with Crippen LogP contribution in [0, 0.1) is 0 Å². The molecule has 0 aliphatic heterocycles. The van der Waals surface area contributed by atoms with E-state index in [2.05, 4.69) is 31.3 Å². The highest BCUT2D eigenvalue weighted by Crippen LogP contribution is 2.18. The average Bonchev–Trinajstić information content (AvgIpc) is 3.37. The van der Waals surface area contributed by atoms with Gasteiger partial charge in [-0.1, -0.05) is 308 Å². The van der Waals surface area contributed by atoms with Crippen LogP contribution in [0.3, 0.4) is 0 Å². The molecule has 71 heavy (non-hydrogen) atoms. The molecule has 0 aliphatic rings. The molecule has 0 spiro atoms. The van der Waals surface area contributed by atoms with Gasteiger partial charge in [0.05, 0.1) is 25.4 Å². The van der Waals surface area contributed by atoms with Gasteiger partial charge < -0.3 is 20.3 Å². The van der Waals surface area contributed by atoms with E-state index in [1.54, 1.807) is 6.08 Å². The van der Waals surface area contributed by atoms with E-state index in [0.717, 1.165) is 38.5 Å². The molecule has 0 aliphatic carbocycles. The van der Waals surface area contributed by atoms with E-state index in [4.69, 9.17) is 4.74 Å². The summed E-state index contributed by atoms with van der Waals surface area (Å²) in [5.74, 6) is -0.0477. The standard InChI is InChI=1S/C65H125NO5/c1-3-5-7-9-11-13-15-39-43-47-51-55-59-65(70)71-60-56-52-48-44-40-36-34-32-30-28-26-24-22-20-18-16-17-19-21-23-25-27-29-31-33-35-38-42-46-50-54-58-64(69)66-62(61-67)63(68)57-53-49-45-41-37-14-12-10-8-6-4-2/h18,20,53,57,62-63,67-68H,3-17,19,21-52,54-56,58-61H2,1-2H3,(H,66,69)/b20-18-,57-53+. The fourth-order valence-corrected chi connectivity index (χ4v) is 10.0. The Hall–Kier alpha value is -1.66. The lowest BCUT2D eigenvalue weighted by atomic mass is 10.0. The molecule has 420 valence electrons. The highest BCUT2D eigenvalue weighted by molar-refractivity contribution is 5.76. The van der Waals surface area contributed by atoms with Crippen molar-refractivity contribution in [3.8, 4) is 0 Å². The second-order valence-electron chi connectivity index (χ2n) is 22.1. The summed E-state index contributed by atoms with van der Waals surface area (Å²) in [6, 6.07) is -0.624. The van der Waals surface area contributed by atoms with Gasteiger partial charge in [0, 0.05) is 12.8 Å². The number of carbonyl (C=O) groups excluding carboxylic acids is 2. The van der Waals surface area contributed by atoms with Crippen molar-refractivity contribution in [2.24, 2.45) is 0 Å². The number of nitrogens with one attached hydrogen (secondary N) is 1. The third-order valence-electron chi connectivity index (χ3n) is 15.0. The van der Waals surface area contributed by atoms with Gasteiger partial charge in [-0.05, 0) is 57.8 Å². The summed E-state index contributed by atoms with van der Waals surface area (Å²) in [6.45, 7) is 4.91. The Labute approximate surface area is 443 Å². The smallest absolute Gasteiger partial charge is 0.305 e. The molecule has 0 heterocycles. The molecule has 0 radical (unpaired) electrons. The van der Waals surface area contributed by atoms with E-state index in [-0.39, 0.29) is 18.5 Å². The van der Waals surface area contributed by atoms with E-state index in [0.29, 0.717) is 19.4 Å². The third kappa shape index (κ3) is 57.5. The van der Waals surface area contributed by atoms with Crippen molar-refractivity contribution in [1.82, 2.24) is 5.32 Å². The van der Waals surface area contributed by atoms with E-state index in [9.17, 15) is 19.8 Å². The largest absolute Gasteiger partial charge is 0.466 e. The van der Waals surface area contributed by atoms with Crippen LogP contribution in [-0.2, 0) is 14.3 Å². The lowest BCUT2D eigenvalue weighted by Gasteiger charge is -2.20. The number of aliphatic hydroxyl groups is 2. The quantitative estimate of drug-likeness (QED) is 0.0320. The number of hydrogen-bond acceptors (Lipinski definition) is 5. The number of carbonyl (C=O) groups is 2. The first-order valence-electron chi connectivity index (χ1n) is 32.1. The fraction of sp³-hybridized carbons (Fsp3) is 0.908. The second kappa shape index (κ2) is 60.9. The van der Waals surface area contributed by atoms with Gasteiger partial charge >= 0.3 is 5.97 Å². The number of unbranched alkanes of at least 4 members (excludes halogenated alkanes) is 47. The van der Waals surface area contributed by atoms with Gasteiger partial charge in [0.15, 0.2) is 0 Å². The minimum absolute atomic E-state index is 0.0183. The molecule has 1 amide bonds. The normalized spacial score (nSPS) is 12.7. The first-order valence-corrected chi connectivity index (χ1v) is 32.1. The predicted octanol–water partition coefficient (Wildman–Crippen LogP) is 20.2. The zero-order chi connectivity index (χ0) is 51.4. The van der Waals surface area contributed by atoms with Crippen LogP contribution in [-0.4, -0.2) is 47.4 Å². The molecule has 2 atom stereocenters. The number of amides is 1. The summed E-state index contributed by atoms with van der Waals surface area (Å²) in [6.07, 6.45) is 75.3. The molecule has 0 saturated heterocycles. The molecule has 0 aromatic carbocycles. The number of esters is 1. The summed E-state index contributed by atoms with van der Waals surface area (Å²) in [5.41, 5.74) is 0. The van der Waals surface area contributed by atoms with E-state index < -0.39 is 12.1 Å². The maximum atomic E-state index is 12.4. The van der Waals surface area contributed by atoms with Gasteiger partial charge in [-0.3, -0.25) is 9.59 Å². The van der Waals surface area contributed by atoms with Crippen molar-refractivity contribution in [2.45, 2.75) is 366 Å². The molecule has 2 unspecified atom stereocenters. The Morgan fingerprint density at radius 3 is 1.00 bits per heavy atom. The number of aliphatic hydroxyl groups excluding tert-OH is 2. The second-order valence-corrected chi connectivity index (χ2v) is 22.1. The molecule has 0 aromatic heterocycles. The van der Waals surface area contributed by atoms with E-state index in [1.165, 1.54) is 289 Å². The van der Waals surface area contributed by atoms with Crippen molar-refractivity contribution >= 4 is 11.9 Å². The van der Waals surface area contributed by atoms with Crippen molar-refractivity contribution in [3.63, 3.8) is 0 Å². The first-order chi connectivity index (χ1) is 35.0. The highest BCUT2D eigenvalue weighted by Gasteiger charge is 2.18.